The Morgan fingerprint density at radius 3 is 2.68 bits per heavy atom. The van der Waals surface area contributed by atoms with Crippen molar-refractivity contribution < 1.29 is 9.47 Å². The van der Waals surface area contributed by atoms with Crippen LogP contribution in [0.5, 0.6) is 0 Å². The molecule has 138 valence electrons. The molecule has 0 N–H and O–H groups in total. The highest BCUT2D eigenvalue weighted by Gasteiger charge is 2.44. The minimum Gasteiger partial charge on any atom is -0.381 e. The number of hydrogen-bond donors (Lipinski definition) is 0. The van der Waals surface area contributed by atoms with E-state index in [9.17, 15) is 0 Å². The Labute approximate surface area is 152 Å². The molecule has 3 fully saturated rings. The van der Waals surface area contributed by atoms with Crippen LogP contribution in [0.4, 0.5) is 0 Å². The number of hydrogen-bond acceptors (Lipinski definition) is 4. The Hall–Kier alpha value is -0.940. The highest BCUT2D eigenvalue weighted by Crippen LogP contribution is 2.36. The average molecular weight is 344 g/mol. The molecule has 1 saturated carbocycles. The first kappa shape index (κ1) is 17.5. The number of rotatable bonds is 8. The van der Waals surface area contributed by atoms with Crippen LogP contribution in [0.3, 0.4) is 0 Å². The number of nitrogens with zero attached hydrogens (tertiary/aromatic N) is 2. The molecule has 4 nitrogen and oxygen atoms in total. The standard InChI is InChI=1S/C21H32N2O2/c1-24-21-9-10-23(11-12-25-16-18-5-3-2-4-6-18)20-15-22(14-19(20)21)13-17-7-8-17/h2-6,17,19-21H,7-16H2,1H3/t19-,20+,21+/m0/s1. The lowest BCUT2D eigenvalue weighted by Crippen LogP contribution is -2.52. The van der Waals surface area contributed by atoms with Crippen molar-refractivity contribution >= 4 is 0 Å². The van der Waals surface area contributed by atoms with E-state index in [0.29, 0.717) is 18.1 Å². The van der Waals surface area contributed by atoms with Gasteiger partial charge in [0, 0.05) is 51.8 Å². The van der Waals surface area contributed by atoms with Crippen molar-refractivity contribution in [3.8, 4) is 0 Å². The molecule has 4 heteroatoms. The second kappa shape index (κ2) is 8.17. The Morgan fingerprint density at radius 1 is 1.08 bits per heavy atom. The van der Waals surface area contributed by atoms with Crippen molar-refractivity contribution in [1.82, 2.24) is 9.80 Å². The Morgan fingerprint density at radius 2 is 1.92 bits per heavy atom. The molecule has 2 aliphatic heterocycles. The molecule has 0 aromatic heterocycles. The lowest BCUT2D eigenvalue weighted by atomic mass is 9.89. The normalized spacial score (nSPS) is 30.5. The van der Waals surface area contributed by atoms with E-state index in [2.05, 4.69) is 40.1 Å². The minimum atomic E-state index is 0.440. The Balaban J connectivity index is 1.27. The van der Waals surface area contributed by atoms with Gasteiger partial charge in [0.15, 0.2) is 0 Å². The summed E-state index contributed by atoms with van der Waals surface area (Å²) in [4.78, 5) is 5.36. The molecule has 2 saturated heterocycles. The molecule has 3 atom stereocenters. The van der Waals surface area contributed by atoms with Crippen LogP contribution in [-0.2, 0) is 16.1 Å². The number of likely N-dealkylation sites (tertiary alicyclic amines) is 2. The smallest absolute Gasteiger partial charge is 0.0717 e. The summed E-state index contributed by atoms with van der Waals surface area (Å²) in [6.07, 6.45) is 4.48. The number of benzene rings is 1. The number of piperidine rings is 1. The molecule has 0 bridgehead atoms. The van der Waals surface area contributed by atoms with Crippen LogP contribution in [0.1, 0.15) is 24.8 Å². The average Bonchev–Trinajstić information content (AvgIpc) is 3.35. The van der Waals surface area contributed by atoms with E-state index in [1.807, 2.05) is 7.11 Å². The van der Waals surface area contributed by atoms with Gasteiger partial charge in [0.05, 0.1) is 19.3 Å². The van der Waals surface area contributed by atoms with Gasteiger partial charge in [0.2, 0.25) is 0 Å². The molecule has 25 heavy (non-hydrogen) atoms. The molecular formula is C21H32N2O2. The van der Waals surface area contributed by atoms with Gasteiger partial charge in [-0.05, 0) is 30.7 Å². The van der Waals surface area contributed by atoms with E-state index in [4.69, 9.17) is 9.47 Å². The summed E-state index contributed by atoms with van der Waals surface area (Å²) in [7, 11) is 1.89. The van der Waals surface area contributed by atoms with Gasteiger partial charge < -0.3 is 14.4 Å². The van der Waals surface area contributed by atoms with E-state index in [0.717, 1.165) is 38.6 Å². The minimum absolute atomic E-state index is 0.440. The lowest BCUT2D eigenvalue weighted by Gasteiger charge is -2.41. The second-order valence-corrected chi connectivity index (χ2v) is 8.03. The highest BCUT2D eigenvalue weighted by molar-refractivity contribution is 5.13. The maximum absolute atomic E-state index is 5.94. The summed E-state index contributed by atoms with van der Waals surface area (Å²) in [6.45, 7) is 7.48. The van der Waals surface area contributed by atoms with Crippen LogP contribution in [0, 0.1) is 11.8 Å². The first-order valence-corrected chi connectivity index (χ1v) is 9.94. The van der Waals surface area contributed by atoms with E-state index in [1.165, 1.54) is 38.0 Å². The topological polar surface area (TPSA) is 24.9 Å². The fraction of sp³-hybridized carbons (Fsp3) is 0.714. The van der Waals surface area contributed by atoms with Gasteiger partial charge in [0.25, 0.3) is 0 Å². The molecular weight excluding hydrogens is 312 g/mol. The van der Waals surface area contributed by atoms with Crippen LogP contribution >= 0.6 is 0 Å². The zero-order chi connectivity index (χ0) is 17.1. The third-order valence-electron chi connectivity index (χ3n) is 6.21. The Bertz CT molecular complexity index is 534. The van der Waals surface area contributed by atoms with Crippen molar-refractivity contribution in [2.24, 2.45) is 11.8 Å². The molecule has 0 unspecified atom stereocenters. The third kappa shape index (κ3) is 4.43. The molecule has 0 radical (unpaired) electrons. The van der Waals surface area contributed by atoms with E-state index in [1.54, 1.807) is 0 Å². The van der Waals surface area contributed by atoms with Gasteiger partial charge in [-0.2, -0.15) is 0 Å². The summed E-state index contributed by atoms with van der Waals surface area (Å²) >= 11 is 0. The summed E-state index contributed by atoms with van der Waals surface area (Å²) in [5, 5.41) is 0. The largest absolute Gasteiger partial charge is 0.381 e. The fourth-order valence-corrected chi connectivity index (χ4v) is 4.65. The van der Waals surface area contributed by atoms with E-state index in [-0.39, 0.29) is 0 Å². The number of ether oxygens (including phenoxy) is 2. The first-order valence-electron chi connectivity index (χ1n) is 9.94. The van der Waals surface area contributed by atoms with Crippen molar-refractivity contribution in [1.29, 1.82) is 0 Å². The molecule has 1 aromatic carbocycles. The summed E-state index contributed by atoms with van der Waals surface area (Å²) in [6, 6.07) is 11.1. The maximum atomic E-state index is 5.94. The zero-order valence-corrected chi connectivity index (χ0v) is 15.5. The van der Waals surface area contributed by atoms with Gasteiger partial charge in [-0.3, -0.25) is 4.90 Å². The number of fused-ring (bicyclic) bond motifs is 1. The van der Waals surface area contributed by atoms with Crippen LogP contribution in [0.15, 0.2) is 30.3 Å². The van der Waals surface area contributed by atoms with Crippen LogP contribution in [0.2, 0.25) is 0 Å². The molecule has 1 aliphatic carbocycles. The number of methoxy groups -OCH3 is 1. The van der Waals surface area contributed by atoms with Crippen molar-refractivity contribution in [2.75, 3.05) is 46.4 Å². The van der Waals surface area contributed by atoms with E-state index < -0.39 is 0 Å². The van der Waals surface area contributed by atoms with E-state index >= 15 is 0 Å². The first-order chi connectivity index (χ1) is 12.3. The van der Waals surface area contributed by atoms with Gasteiger partial charge in [-0.1, -0.05) is 30.3 Å². The second-order valence-electron chi connectivity index (χ2n) is 8.03. The monoisotopic (exact) mass is 344 g/mol. The molecule has 1 aromatic rings. The molecule has 0 spiro atoms. The SMILES string of the molecule is CO[C@@H]1CCN(CCOCc2ccccc2)[C@@H]2CN(CC3CC3)C[C@@H]21. The molecule has 4 rings (SSSR count). The van der Waals surface area contributed by atoms with Gasteiger partial charge in [0.1, 0.15) is 0 Å². The van der Waals surface area contributed by atoms with Crippen LogP contribution in [0.25, 0.3) is 0 Å². The van der Waals surface area contributed by atoms with Crippen LogP contribution < -0.4 is 0 Å². The maximum Gasteiger partial charge on any atom is 0.0717 e. The summed E-state index contributed by atoms with van der Waals surface area (Å²) < 4.78 is 11.8. The van der Waals surface area contributed by atoms with Crippen molar-refractivity contribution in [3.05, 3.63) is 35.9 Å². The van der Waals surface area contributed by atoms with Gasteiger partial charge in [-0.25, -0.2) is 0 Å². The zero-order valence-electron chi connectivity index (χ0n) is 15.5. The van der Waals surface area contributed by atoms with Crippen LogP contribution in [-0.4, -0.2) is 68.4 Å². The van der Waals surface area contributed by atoms with Crippen molar-refractivity contribution in [3.63, 3.8) is 0 Å². The Kier molecular flexibility index (Phi) is 5.71. The quantitative estimate of drug-likeness (QED) is 0.677. The predicted molar refractivity (Wildman–Crippen MR) is 99.5 cm³/mol. The summed E-state index contributed by atoms with van der Waals surface area (Å²) in [5.41, 5.74) is 1.26. The predicted octanol–water partition coefficient (Wildman–Crippen LogP) is 2.63. The fourth-order valence-electron chi connectivity index (χ4n) is 4.65. The molecule has 0 amide bonds. The third-order valence-corrected chi connectivity index (χ3v) is 6.21. The summed E-state index contributed by atoms with van der Waals surface area (Å²) in [5.74, 6) is 1.65. The molecule has 2 heterocycles. The molecule has 3 aliphatic rings. The lowest BCUT2D eigenvalue weighted by molar-refractivity contribution is -0.0306. The highest BCUT2D eigenvalue weighted by atomic mass is 16.5. The van der Waals surface area contributed by atoms with Crippen molar-refractivity contribution in [2.45, 2.75) is 38.0 Å². The van der Waals surface area contributed by atoms with Gasteiger partial charge in [-0.15, -0.1) is 0 Å². The van der Waals surface area contributed by atoms with Gasteiger partial charge >= 0.3 is 0 Å².